The SMILES string of the molecule is CC(C)C(C(=O)NC1(C(=O)O)CCCCC1)C(C)C. The molecule has 0 heterocycles. The minimum atomic E-state index is -1.03. The van der Waals surface area contributed by atoms with Gasteiger partial charge in [-0.1, -0.05) is 47.0 Å². The summed E-state index contributed by atoms with van der Waals surface area (Å²) in [4.78, 5) is 24.0. The summed E-state index contributed by atoms with van der Waals surface area (Å²) in [5.74, 6) is -0.678. The summed E-state index contributed by atoms with van der Waals surface area (Å²) < 4.78 is 0. The van der Waals surface area contributed by atoms with Crippen LogP contribution in [-0.2, 0) is 9.59 Å². The first-order chi connectivity index (χ1) is 8.80. The summed E-state index contributed by atoms with van der Waals surface area (Å²) in [5.41, 5.74) is -1.03. The van der Waals surface area contributed by atoms with Gasteiger partial charge in [0.15, 0.2) is 0 Å². The maximum absolute atomic E-state index is 12.4. The van der Waals surface area contributed by atoms with Gasteiger partial charge in [0.1, 0.15) is 5.54 Å². The largest absolute Gasteiger partial charge is 0.480 e. The number of carboxylic acid groups (broad SMARTS) is 1. The van der Waals surface area contributed by atoms with Gasteiger partial charge in [0.05, 0.1) is 0 Å². The predicted molar refractivity (Wildman–Crippen MR) is 74.8 cm³/mol. The highest BCUT2D eigenvalue weighted by molar-refractivity contribution is 5.88. The van der Waals surface area contributed by atoms with Crippen molar-refractivity contribution >= 4 is 11.9 Å². The van der Waals surface area contributed by atoms with Crippen LogP contribution in [0.5, 0.6) is 0 Å². The van der Waals surface area contributed by atoms with Crippen molar-refractivity contribution < 1.29 is 14.7 Å². The fraction of sp³-hybridized carbons (Fsp3) is 0.867. The standard InChI is InChI=1S/C15H27NO3/c1-10(2)12(11(3)4)13(17)16-15(14(18)19)8-6-5-7-9-15/h10-12H,5-9H2,1-4H3,(H,16,17)(H,18,19). The average Bonchev–Trinajstić information content (AvgIpc) is 2.28. The third kappa shape index (κ3) is 3.71. The van der Waals surface area contributed by atoms with Crippen molar-refractivity contribution in [2.45, 2.75) is 65.3 Å². The van der Waals surface area contributed by atoms with Crippen molar-refractivity contribution in [2.24, 2.45) is 17.8 Å². The molecule has 0 bridgehead atoms. The Morgan fingerprint density at radius 3 is 1.84 bits per heavy atom. The Morgan fingerprint density at radius 1 is 1.00 bits per heavy atom. The lowest BCUT2D eigenvalue weighted by Gasteiger charge is -2.36. The molecular formula is C15H27NO3. The molecule has 1 aliphatic rings. The molecule has 19 heavy (non-hydrogen) atoms. The van der Waals surface area contributed by atoms with Crippen LogP contribution < -0.4 is 5.32 Å². The van der Waals surface area contributed by atoms with Crippen LogP contribution in [0.3, 0.4) is 0 Å². The summed E-state index contributed by atoms with van der Waals surface area (Å²) in [6, 6.07) is 0. The molecule has 0 spiro atoms. The van der Waals surface area contributed by atoms with Gasteiger partial charge < -0.3 is 10.4 Å². The topological polar surface area (TPSA) is 66.4 Å². The van der Waals surface area contributed by atoms with Crippen LogP contribution in [0.15, 0.2) is 0 Å². The second-order valence-electron chi connectivity index (χ2n) is 6.45. The number of rotatable bonds is 5. The Kier molecular flexibility index (Phi) is 5.39. The van der Waals surface area contributed by atoms with E-state index in [0.717, 1.165) is 19.3 Å². The van der Waals surface area contributed by atoms with Crippen molar-refractivity contribution in [1.82, 2.24) is 5.32 Å². The van der Waals surface area contributed by atoms with Crippen LogP contribution in [0.1, 0.15) is 59.8 Å². The highest BCUT2D eigenvalue weighted by atomic mass is 16.4. The Balaban J connectivity index is 2.84. The lowest BCUT2D eigenvalue weighted by atomic mass is 9.79. The van der Waals surface area contributed by atoms with E-state index >= 15 is 0 Å². The molecule has 4 heteroatoms. The molecule has 1 aliphatic carbocycles. The highest BCUT2D eigenvalue weighted by Crippen LogP contribution is 2.30. The minimum Gasteiger partial charge on any atom is -0.480 e. The number of carboxylic acids is 1. The normalized spacial score (nSPS) is 18.9. The van der Waals surface area contributed by atoms with Gasteiger partial charge in [-0.05, 0) is 24.7 Å². The van der Waals surface area contributed by atoms with Gasteiger partial charge in [0.2, 0.25) is 5.91 Å². The minimum absolute atomic E-state index is 0.102. The van der Waals surface area contributed by atoms with Crippen molar-refractivity contribution in [3.8, 4) is 0 Å². The first kappa shape index (κ1) is 16.0. The van der Waals surface area contributed by atoms with Crippen LogP contribution in [0, 0.1) is 17.8 Å². The van der Waals surface area contributed by atoms with E-state index in [9.17, 15) is 14.7 Å². The lowest BCUT2D eigenvalue weighted by Crippen LogP contribution is -2.57. The van der Waals surface area contributed by atoms with E-state index in [1.807, 2.05) is 27.7 Å². The van der Waals surface area contributed by atoms with Gasteiger partial charge in [-0.3, -0.25) is 4.79 Å². The molecule has 1 fully saturated rings. The summed E-state index contributed by atoms with van der Waals surface area (Å²) in [7, 11) is 0. The van der Waals surface area contributed by atoms with Gasteiger partial charge in [0, 0.05) is 5.92 Å². The van der Waals surface area contributed by atoms with Crippen LogP contribution in [0.2, 0.25) is 0 Å². The molecule has 4 nitrogen and oxygen atoms in total. The molecule has 110 valence electrons. The summed E-state index contributed by atoms with van der Waals surface area (Å²) in [6.07, 6.45) is 3.91. The number of nitrogens with one attached hydrogen (secondary N) is 1. The number of aliphatic carboxylic acids is 1. The maximum Gasteiger partial charge on any atom is 0.329 e. The Labute approximate surface area is 116 Å². The van der Waals surface area contributed by atoms with E-state index < -0.39 is 11.5 Å². The number of hydrogen-bond donors (Lipinski definition) is 2. The van der Waals surface area contributed by atoms with Crippen molar-refractivity contribution in [2.75, 3.05) is 0 Å². The molecule has 0 radical (unpaired) electrons. The second kappa shape index (κ2) is 6.40. The van der Waals surface area contributed by atoms with Crippen LogP contribution >= 0.6 is 0 Å². The van der Waals surface area contributed by atoms with Gasteiger partial charge in [0.25, 0.3) is 0 Å². The highest BCUT2D eigenvalue weighted by Gasteiger charge is 2.42. The average molecular weight is 269 g/mol. The van der Waals surface area contributed by atoms with E-state index in [-0.39, 0.29) is 23.7 Å². The molecule has 0 atom stereocenters. The predicted octanol–water partition coefficient (Wildman–Crippen LogP) is 2.82. The lowest BCUT2D eigenvalue weighted by molar-refractivity contribution is -0.150. The number of carbonyl (C=O) groups excluding carboxylic acids is 1. The molecule has 0 aliphatic heterocycles. The van der Waals surface area contributed by atoms with Crippen molar-refractivity contribution in [3.05, 3.63) is 0 Å². The van der Waals surface area contributed by atoms with Crippen molar-refractivity contribution in [1.29, 1.82) is 0 Å². The number of carbonyl (C=O) groups is 2. The Hall–Kier alpha value is -1.06. The second-order valence-corrected chi connectivity index (χ2v) is 6.45. The van der Waals surface area contributed by atoms with E-state index in [4.69, 9.17) is 0 Å². The quantitative estimate of drug-likeness (QED) is 0.806. The molecule has 0 aromatic rings. The zero-order valence-electron chi connectivity index (χ0n) is 12.5. The third-order valence-electron chi connectivity index (χ3n) is 4.22. The molecule has 1 saturated carbocycles. The first-order valence-electron chi connectivity index (χ1n) is 7.35. The fourth-order valence-corrected chi connectivity index (χ4v) is 3.24. The van der Waals surface area contributed by atoms with Gasteiger partial charge >= 0.3 is 5.97 Å². The molecule has 1 amide bonds. The molecule has 1 rings (SSSR count). The van der Waals surface area contributed by atoms with Gasteiger partial charge in [-0.15, -0.1) is 0 Å². The van der Waals surface area contributed by atoms with Gasteiger partial charge in [-0.2, -0.15) is 0 Å². The summed E-state index contributed by atoms with van der Waals surface area (Å²) >= 11 is 0. The maximum atomic E-state index is 12.4. The zero-order valence-corrected chi connectivity index (χ0v) is 12.5. The molecule has 0 saturated heterocycles. The van der Waals surface area contributed by atoms with Crippen LogP contribution in [0.4, 0.5) is 0 Å². The molecule has 0 aromatic carbocycles. The monoisotopic (exact) mass is 269 g/mol. The summed E-state index contributed by atoms with van der Waals surface area (Å²) in [5, 5.41) is 12.3. The number of hydrogen-bond acceptors (Lipinski definition) is 2. The molecule has 2 N–H and O–H groups in total. The van der Waals surface area contributed by atoms with E-state index in [2.05, 4.69) is 5.32 Å². The molecule has 0 unspecified atom stereocenters. The zero-order chi connectivity index (χ0) is 14.6. The fourth-order valence-electron chi connectivity index (χ4n) is 3.24. The first-order valence-corrected chi connectivity index (χ1v) is 7.35. The van der Waals surface area contributed by atoms with E-state index in [1.54, 1.807) is 0 Å². The smallest absolute Gasteiger partial charge is 0.329 e. The van der Waals surface area contributed by atoms with E-state index in [0.29, 0.717) is 12.8 Å². The van der Waals surface area contributed by atoms with Crippen LogP contribution in [0.25, 0.3) is 0 Å². The van der Waals surface area contributed by atoms with Crippen molar-refractivity contribution in [3.63, 3.8) is 0 Å². The van der Waals surface area contributed by atoms with Crippen LogP contribution in [-0.4, -0.2) is 22.5 Å². The van der Waals surface area contributed by atoms with E-state index in [1.165, 1.54) is 0 Å². The third-order valence-corrected chi connectivity index (χ3v) is 4.22. The molecular weight excluding hydrogens is 242 g/mol. The Bertz CT molecular complexity index is 322. The van der Waals surface area contributed by atoms with Gasteiger partial charge in [-0.25, -0.2) is 4.79 Å². The summed E-state index contributed by atoms with van der Waals surface area (Å²) in [6.45, 7) is 8.05. The number of amides is 1. The molecule has 0 aromatic heterocycles. The Morgan fingerprint density at radius 2 is 1.47 bits per heavy atom.